The number of halogens is 4. The molecule has 0 heterocycles. The molecule has 0 N–H and O–H groups in total. The maximum atomic E-state index is 9.75. The molecule has 0 saturated heterocycles. The van der Waals surface area contributed by atoms with Gasteiger partial charge < -0.3 is 17.3 Å². The Morgan fingerprint density at radius 2 is 0.750 bits per heavy atom. The molecule has 5 rings (SSSR count). The van der Waals surface area contributed by atoms with Crippen LogP contribution in [0.1, 0.15) is 0 Å². The van der Waals surface area contributed by atoms with Crippen molar-refractivity contribution in [2.24, 2.45) is 0 Å². The topological polar surface area (TPSA) is 0 Å². The van der Waals surface area contributed by atoms with Gasteiger partial charge in [0.1, 0.15) is 23.2 Å². The quantitative estimate of drug-likeness (QED) is 0.189. The van der Waals surface area contributed by atoms with Gasteiger partial charge in [-0.2, -0.15) is 0 Å². The second kappa shape index (κ2) is 15.6. The van der Waals surface area contributed by atoms with E-state index in [0.29, 0.717) is 0 Å². The first kappa shape index (κ1) is 30.6. The van der Waals surface area contributed by atoms with Crippen molar-refractivity contribution < 1.29 is 34.3 Å². The van der Waals surface area contributed by atoms with E-state index in [2.05, 4.69) is 117 Å². The molecular weight excluding hydrogens is 522 g/mol. The van der Waals surface area contributed by atoms with Crippen LogP contribution in [0.4, 0.5) is 17.3 Å². The van der Waals surface area contributed by atoms with Crippen molar-refractivity contribution in [1.82, 2.24) is 0 Å². The minimum absolute atomic E-state index is 0. The molecule has 0 aliphatic heterocycles. The van der Waals surface area contributed by atoms with Gasteiger partial charge in [0.15, 0.2) is 0 Å². The predicted octanol–water partition coefficient (Wildman–Crippen LogP) is 6.70. The summed E-state index contributed by atoms with van der Waals surface area (Å²) >= 11 is 0. The first-order valence-corrected chi connectivity index (χ1v) is 13.2. The Hall–Kier alpha value is -1.61. The van der Waals surface area contributed by atoms with Crippen molar-refractivity contribution in [2.75, 3.05) is 6.16 Å². The van der Waals surface area contributed by atoms with Gasteiger partial charge in [-0.05, 0) is 94.2 Å². The standard InChI is InChI=1S/C24H21P.C5H5.BF4.Fe/c1-4-14-22(15-5-1)25(20-21-12-10-11-13-21,23-16-6-2-7-17-23)24-18-8-3-9-19-24;1-2-4-5-3-1;2-1(3,4)5;/h1-19H,20H2;1-5H;;/q+1;;-1;. The van der Waals surface area contributed by atoms with Gasteiger partial charge in [0.25, 0.3) is 0 Å². The van der Waals surface area contributed by atoms with E-state index >= 15 is 0 Å². The molecule has 0 amide bonds. The molecule has 0 spiro atoms. The Bertz CT molecular complexity index is 851. The molecule has 0 aromatic heterocycles. The second-order valence-electron chi connectivity index (χ2n) is 7.72. The van der Waals surface area contributed by atoms with Crippen LogP contribution in [0.5, 0.6) is 0 Å². The van der Waals surface area contributed by atoms with Crippen LogP contribution in [-0.4, -0.2) is 13.4 Å². The van der Waals surface area contributed by atoms with Crippen LogP contribution in [0.2, 0.25) is 0 Å². The molecule has 36 heavy (non-hydrogen) atoms. The van der Waals surface area contributed by atoms with E-state index in [-0.39, 0.29) is 17.1 Å². The summed E-state index contributed by atoms with van der Waals surface area (Å²) in [4.78, 5) is 0. The van der Waals surface area contributed by atoms with Crippen LogP contribution in [0.25, 0.3) is 0 Å². The fraction of sp³-hybridized carbons (Fsp3) is 0.0345. The van der Waals surface area contributed by atoms with Gasteiger partial charge in [0, 0.05) is 23.0 Å². The maximum Gasteiger partial charge on any atom is 0.673 e. The van der Waals surface area contributed by atoms with E-state index in [0.717, 1.165) is 6.16 Å². The Labute approximate surface area is 225 Å². The van der Waals surface area contributed by atoms with Gasteiger partial charge in [-0.1, -0.05) is 54.6 Å². The maximum absolute atomic E-state index is 9.75. The van der Waals surface area contributed by atoms with E-state index in [1.807, 2.05) is 32.1 Å². The molecule has 3 aromatic carbocycles. The van der Waals surface area contributed by atoms with Crippen molar-refractivity contribution in [1.29, 1.82) is 0 Å². The average molecular weight is 548 g/mol. The van der Waals surface area contributed by atoms with Crippen LogP contribution in [-0.2, 0) is 17.1 Å². The molecule has 0 bridgehead atoms. The summed E-state index contributed by atoms with van der Waals surface area (Å²) in [5, 5.41) is 4.32. The summed E-state index contributed by atoms with van der Waals surface area (Å²) in [6, 6.07) is 33.1. The first-order valence-electron chi connectivity index (χ1n) is 11.2. The SMILES string of the molecule is F[B-](F)(F)F.[CH]1[CH][CH][CH][CH]1.[CH]1[CH][CH][C](C[P+](c2ccccc2)(c2ccccc2)c2ccccc2)[CH]1.[Fe]. The normalized spacial score (nSPS) is 15.7. The third kappa shape index (κ3) is 9.69. The molecule has 7 heteroatoms. The zero-order valence-electron chi connectivity index (χ0n) is 19.5. The zero-order valence-corrected chi connectivity index (χ0v) is 21.5. The van der Waals surface area contributed by atoms with Crippen molar-refractivity contribution in [3.63, 3.8) is 0 Å². The Kier molecular flexibility index (Phi) is 13.3. The van der Waals surface area contributed by atoms with Crippen LogP contribution in [0.15, 0.2) is 91.0 Å². The molecule has 2 aliphatic carbocycles. The van der Waals surface area contributed by atoms with Gasteiger partial charge in [-0.25, -0.2) is 0 Å². The average Bonchev–Trinajstić information content (AvgIpc) is 3.61. The summed E-state index contributed by atoms with van der Waals surface area (Å²) < 4.78 is 39.0. The first-order chi connectivity index (χ1) is 16.9. The minimum atomic E-state index is -6.00. The van der Waals surface area contributed by atoms with E-state index in [1.54, 1.807) is 0 Å². The van der Waals surface area contributed by atoms with Crippen molar-refractivity contribution in [3.8, 4) is 0 Å². The minimum Gasteiger partial charge on any atom is -0.418 e. The summed E-state index contributed by atoms with van der Waals surface area (Å²) in [5.74, 6) is 1.41. The number of hydrogen-bond donors (Lipinski definition) is 0. The third-order valence-corrected chi connectivity index (χ3v) is 9.68. The number of hydrogen-bond acceptors (Lipinski definition) is 0. The Morgan fingerprint density at radius 3 is 1.03 bits per heavy atom. The summed E-state index contributed by atoms with van der Waals surface area (Å²) in [7, 11) is -7.74. The summed E-state index contributed by atoms with van der Waals surface area (Å²) in [5.41, 5.74) is 0. The molecule has 186 valence electrons. The van der Waals surface area contributed by atoms with Gasteiger partial charge in [-0.3, -0.25) is 0 Å². The predicted molar refractivity (Wildman–Crippen MR) is 142 cm³/mol. The third-order valence-electron chi connectivity index (χ3n) is 5.30. The van der Waals surface area contributed by atoms with Crippen LogP contribution in [0.3, 0.4) is 0 Å². The van der Waals surface area contributed by atoms with Gasteiger partial charge in [0.05, 0.1) is 6.16 Å². The zero-order chi connectivity index (χ0) is 25.0. The summed E-state index contributed by atoms with van der Waals surface area (Å²) in [6.07, 6.45) is 19.8. The van der Waals surface area contributed by atoms with E-state index in [4.69, 9.17) is 0 Å². The molecule has 2 saturated carbocycles. The van der Waals surface area contributed by atoms with E-state index in [9.17, 15) is 17.3 Å². The smallest absolute Gasteiger partial charge is 0.418 e. The summed E-state index contributed by atoms with van der Waals surface area (Å²) in [6.45, 7) is 0. The van der Waals surface area contributed by atoms with Crippen molar-refractivity contribution in [2.45, 2.75) is 0 Å². The Morgan fingerprint density at radius 1 is 0.472 bits per heavy atom. The van der Waals surface area contributed by atoms with Crippen molar-refractivity contribution in [3.05, 3.63) is 155 Å². The second-order valence-corrected chi connectivity index (χ2v) is 11.2. The number of benzene rings is 3. The molecule has 10 radical (unpaired) electrons. The largest absolute Gasteiger partial charge is 0.673 e. The molecule has 3 aromatic rings. The molecule has 0 nitrogen and oxygen atoms in total. The molecule has 0 atom stereocenters. The molecule has 0 unspecified atom stereocenters. The van der Waals surface area contributed by atoms with Gasteiger partial charge in [0.2, 0.25) is 0 Å². The monoisotopic (exact) mass is 548 g/mol. The molecule has 2 aliphatic rings. The fourth-order valence-corrected chi connectivity index (χ4v) is 8.13. The Balaban J connectivity index is 0.000000350. The van der Waals surface area contributed by atoms with E-state index < -0.39 is 14.5 Å². The molecule has 2 fully saturated rings. The fourth-order valence-electron chi connectivity index (χ4n) is 3.88. The van der Waals surface area contributed by atoms with Crippen LogP contribution < -0.4 is 15.9 Å². The van der Waals surface area contributed by atoms with Gasteiger partial charge in [-0.15, -0.1) is 0 Å². The molecular formula is C29H26BF4FeP. The van der Waals surface area contributed by atoms with Crippen LogP contribution >= 0.6 is 7.26 Å². The van der Waals surface area contributed by atoms with Crippen LogP contribution in [0, 0.1) is 63.7 Å². The van der Waals surface area contributed by atoms with E-state index in [1.165, 1.54) is 21.8 Å². The van der Waals surface area contributed by atoms with Crippen molar-refractivity contribution >= 4 is 30.4 Å². The number of rotatable bonds is 5. The van der Waals surface area contributed by atoms with Gasteiger partial charge >= 0.3 is 7.25 Å².